The lowest BCUT2D eigenvalue weighted by Crippen LogP contribution is -2.09. The van der Waals surface area contributed by atoms with E-state index in [4.69, 9.17) is 28.3 Å². The first-order valence-electron chi connectivity index (χ1n) is 6.07. The van der Waals surface area contributed by atoms with Gasteiger partial charge in [0.05, 0.1) is 5.56 Å². The Labute approximate surface area is 127 Å². The van der Waals surface area contributed by atoms with Gasteiger partial charge in [0.1, 0.15) is 0 Å². The molecule has 20 heavy (non-hydrogen) atoms. The SMILES string of the molecule is O=C(O)c1cc(Cl)ccc1NCCc1ccc(Cl)cc1. The van der Waals surface area contributed by atoms with Crippen LogP contribution in [0.25, 0.3) is 0 Å². The van der Waals surface area contributed by atoms with Crippen LogP contribution in [0.5, 0.6) is 0 Å². The monoisotopic (exact) mass is 309 g/mol. The highest BCUT2D eigenvalue weighted by Crippen LogP contribution is 2.20. The largest absolute Gasteiger partial charge is 0.478 e. The minimum Gasteiger partial charge on any atom is -0.478 e. The maximum absolute atomic E-state index is 11.1. The van der Waals surface area contributed by atoms with Crippen molar-refractivity contribution in [3.63, 3.8) is 0 Å². The molecule has 0 fully saturated rings. The summed E-state index contributed by atoms with van der Waals surface area (Å²) in [6.07, 6.45) is 0.777. The average molecular weight is 310 g/mol. The number of halogens is 2. The van der Waals surface area contributed by atoms with Crippen molar-refractivity contribution in [2.75, 3.05) is 11.9 Å². The molecule has 0 saturated carbocycles. The Hall–Kier alpha value is -1.71. The molecule has 0 spiro atoms. The molecule has 0 heterocycles. The lowest BCUT2D eigenvalue weighted by atomic mass is 10.1. The Morgan fingerprint density at radius 2 is 1.70 bits per heavy atom. The van der Waals surface area contributed by atoms with Crippen molar-refractivity contribution in [2.24, 2.45) is 0 Å². The van der Waals surface area contributed by atoms with Crippen LogP contribution in [0.15, 0.2) is 42.5 Å². The quantitative estimate of drug-likeness (QED) is 0.863. The summed E-state index contributed by atoms with van der Waals surface area (Å²) in [7, 11) is 0. The molecule has 0 aromatic heterocycles. The lowest BCUT2D eigenvalue weighted by molar-refractivity contribution is 0.0698. The van der Waals surface area contributed by atoms with Gasteiger partial charge in [0.2, 0.25) is 0 Å². The van der Waals surface area contributed by atoms with Crippen molar-refractivity contribution in [1.29, 1.82) is 0 Å². The molecular weight excluding hydrogens is 297 g/mol. The summed E-state index contributed by atoms with van der Waals surface area (Å²) in [6.45, 7) is 0.629. The predicted molar refractivity (Wildman–Crippen MR) is 82.1 cm³/mol. The standard InChI is InChI=1S/C15H13Cl2NO2/c16-11-3-1-10(2-4-11)7-8-18-14-6-5-12(17)9-13(14)15(19)20/h1-6,9,18H,7-8H2,(H,19,20). The second-order valence-electron chi connectivity index (χ2n) is 4.30. The Morgan fingerprint density at radius 3 is 2.35 bits per heavy atom. The van der Waals surface area contributed by atoms with Gasteiger partial charge in [0.15, 0.2) is 0 Å². The summed E-state index contributed by atoms with van der Waals surface area (Å²) >= 11 is 11.6. The number of benzene rings is 2. The highest BCUT2D eigenvalue weighted by molar-refractivity contribution is 6.31. The van der Waals surface area contributed by atoms with Crippen LogP contribution in [0.3, 0.4) is 0 Å². The molecule has 0 aliphatic heterocycles. The number of hydrogen-bond donors (Lipinski definition) is 2. The third-order valence-corrected chi connectivity index (χ3v) is 3.34. The molecule has 0 saturated heterocycles. The van der Waals surface area contributed by atoms with Gasteiger partial charge >= 0.3 is 5.97 Å². The minimum absolute atomic E-state index is 0.175. The number of carboxylic acid groups (broad SMARTS) is 1. The minimum atomic E-state index is -0.999. The van der Waals surface area contributed by atoms with Crippen LogP contribution in [0.2, 0.25) is 10.0 Å². The molecule has 0 aliphatic rings. The number of hydrogen-bond acceptors (Lipinski definition) is 2. The molecule has 2 aromatic carbocycles. The maximum atomic E-state index is 11.1. The molecule has 0 amide bonds. The first-order chi connectivity index (χ1) is 9.56. The highest BCUT2D eigenvalue weighted by atomic mass is 35.5. The van der Waals surface area contributed by atoms with Crippen molar-refractivity contribution >= 4 is 34.9 Å². The van der Waals surface area contributed by atoms with E-state index in [0.29, 0.717) is 22.3 Å². The topological polar surface area (TPSA) is 49.3 Å². The van der Waals surface area contributed by atoms with Crippen molar-refractivity contribution in [3.05, 3.63) is 63.6 Å². The molecule has 2 aromatic rings. The van der Waals surface area contributed by atoms with Crippen molar-refractivity contribution in [1.82, 2.24) is 0 Å². The molecule has 2 rings (SSSR count). The zero-order valence-electron chi connectivity index (χ0n) is 10.6. The Kier molecular flexibility index (Phi) is 4.88. The molecule has 0 unspecified atom stereocenters. The van der Waals surface area contributed by atoms with Gasteiger partial charge in [-0.25, -0.2) is 4.79 Å². The average Bonchev–Trinajstić information content (AvgIpc) is 2.42. The zero-order valence-corrected chi connectivity index (χ0v) is 12.1. The van der Waals surface area contributed by atoms with E-state index in [1.165, 1.54) is 6.07 Å². The molecule has 0 aliphatic carbocycles. The summed E-state index contributed by atoms with van der Waals surface area (Å²) in [6, 6.07) is 12.3. The van der Waals surface area contributed by atoms with E-state index in [9.17, 15) is 4.79 Å². The van der Waals surface area contributed by atoms with E-state index in [0.717, 1.165) is 12.0 Å². The fraction of sp³-hybridized carbons (Fsp3) is 0.133. The van der Waals surface area contributed by atoms with Crippen molar-refractivity contribution < 1.29 is 9.90 Å². The van der Waals surface area contributed by atoms with E-state index in [-0.39, 0.29) is 5.56 Å². The Bertz CT molecular complexity index is 612. The molecule has 5 heteroatoms. The van der Waals surface area contributed by atoms with E-state index < -0.39 is 5.97 Å². The Balaban J connectivity index is 2.00. The van der Waals surface area contributed by atoms with Crippen LogP contribution in [0.1, 0.15) is 15.9 Å². The predicted octanol–water partition coefficient (Wildman–Crippen LogP) is 4.35. The van der Waals surface area contributed by atoms with Crippen LogP contribution in [-0.2, 0) is 6.42 Å². The smallest absolute Gasteiger partial charge is 0.337 e. The third kappa shape index (κ3) is 3.89. The van der Waals surface area contributed by atoms with Gasteiger partial charge in [-0.1, -0.05) is 35.3 Å². The second-order valence-corrected chi connectivity index (χ2v) is 5.17. The van der Waals surface area contributed by atoms with E-state index in [1.807, 2.05) is 24.3 Å². The van der Waals surface area contributed by atoms with Gasteiger partial charge in [-0.15, -0.1) is 0 Å². The van der Waals surface area contributed by atoms with Crippen LogP contribution >= 0.6 is 23.2 Å². The zero-order chi connectivity index (χ0) is 14.5. The van der Waals surface area contributed by atoms with Crippen LogP contribution < -0.4 is 5.32 Å². The first-order valence-corrected chi connectivity index (χ1v) is 6.83. The Morgan fingerprint density at radius 1 is 1.05 bits per heavy atom. The number of carboxylic acids is 1. The fourth-order valence-corrected chi connectivity index (χ4v) is 2.14. The number of aromatic carboxylic acids is 1. The lowest BCUT2D eigenvalue weighted by Gasteiger charge is -2.10. The van der Waals surface area contributed by atoms with Gasteiger partial charge < -0.3 is 10.4 Å². The molecule has 3 nitrogen and oxygen atoms in total. The second kappa shape index (κ2) is 6.64. The highest BCUT2D eigenvalue weighted by Gasteiger charge is 2.10. The molecule has 0 bridgehead atoms. The van der Waals surface area contributed by atoms with Gasteiger partial charge in [0, 0.05) is 22.3 Å². The number of carbonyl (C=O) groups is 1. The fourth-order valence-electron chi connectivity index (χ4n) is 1.84. The van der Waals surface area contributed by atoms with Gasteiger partial charge in [0.25, 0.3) is 0 Å². The van der Waals surface area contributed by atoms with Gasteiger partial charge in [-0.2, -0.15) is 0 Å². The van der Waals surface area contributed by atoms with E-state index in [1.54, 1.807) is 12.1 Å². The van der Waals surface area contributed by atoms with Crippen molar-refractivity contribution in [3.8, 4) is 0 Å². The molecule has 0 radical (unpaired) electrons. The van der Waals surface area contributed by atoms with Gasteiger partial charge in [-0.3, -0.25) is 0 Å². The summed E-state index contributed by atoms with van der Waals surface area (Å²) in [5.74, 6) is -0.999. The molecule has 0 atom stereocenters. The van der Waals surface area contributed by atoms with Crippen LogP contribution in [0, 0.1) is 0 Å². The normalized spacial score (nSPS) is 10.3. The third-order valence-electron chi connectivity index (χ3n) is 2.85. The maximum Gasteiger partial charge on any atom is 0.337 e. The number of rotatable bonds is 5. The van der Waals surface area contributed by atoms with Crippen molar-refractivity contribution in [2.45, 2.75) is 6.42 Å². The van der Waals surface area contributed by atoms with E-state index in [2.05, 4.69) is 5.32 Å². The van der Waals surface area contributed by atoms with E-state index >= 15 is 0 Å². The molecule has 104 valence electrons. The summed E-state index contributed by atoms with van der Waals surface area (Å²) < 4.78 is 0. The summed E-state index contributed by atoms with van der Waals surface area (Å²) in [4.78, 5) is 11.1. The summed E-state index contributed by atoms with van der Waals surface area (Å²) in [5.41, 5.74) is 1.87. The first kappa shape index (κ1) is 14.7. The van der Waals surface area contributed by atoms with Crippen LogP contribution in [0.4, 0.5) is 5.69 Å². The van der Waals surface area contributed by atoms with Gasteiger partial charge in [-0.05, 0) is 42.3 Å². The summed E-state index contributed by atoms with van der Waals surface area (Å²) in [5, 5.41) is 13.3. The molecule has 2 N–H and O–H groups in total. The number of nitrogens with one attached hydrogen (secondary N) is 1. The number of anilines is 1. The molecular formula is C15H13Cl2NO2. The van der Waals surface area contributed by atoms with Crippen LogP contribution in [-0.4, -0.2) is 17.6 Å².